The number of amides is 1. The molecule has 6 nitrogen and oxygen atoms in total. The monoisotopic (exact) mass is 289 g/mol. The lowest BCUT2D eigenvalue weighted by atomic mass is 10.3. The van der Waals surface area contributed by atoms with Crippen molar-refractivity contribution < 1.29 is 4.79 Å². The number of pyridine rings is 1. The van der Waals surface area contributed by atoms with Gasteiger partial charge < -0.3 is 15.5 Å². The Morgan fingerprint density at radius 3 is 2.43 bits per heavy atom. The number of rotatable bonds is 3. The molecular weight excluding hydrogens is 266 g/mol. The first-order valence-electron chi connectivity index (χ1n) is 7.69. The summed E-state index contributed by atoms with van der Waals surface area (Å²) in [6.07, 6.45) is 4.00. The SMILES string of the molecule is Nc1ccc(N2CCN(CC(=O)N3CCCC3)CC2)nc1. The van der Waals surface area contributed by atoms with Crippen molar-refractivity contribution in [2.75, 3.05) is 56.4 Å². The first-order chi connectivity index (χ1) is 10.2. The summed E-state index contributed by atoms with van der Waals surface area (Å²) < 4.78 is 0. The number of nitrogens with zero attached hydrogens (tertiary/aromatic N) is 4. The van der Waals surface area contributed by atoms with Gasteiger partial charge in [0.2, 0.25) is 5.91 Å². The highest BCUT2D eigenvalue weighted by molar-refractivity contribution is 5.78. The summed E-state index contributed by atoms with van der Waals surface area (Å²) in [5, 5.41) is 0. The van der Waals surface area contributed by atoms with Gasteiger partial charge in [0.05, 0.1) is 18.4 Å². The lowest BCUT2D eigenvalue weighted by Crippen LogP contribution is -2.50. The third-order valence-corrected chi connectivity index (χ3v) is 4.28. The lowest BCUT2D eigenvalue weighted by Gasteiger charge is -2.35. The van der Waals surface area contributed by atoms with Gasteiger partial charge in [-0.05, 0) is 25.0 Å². The fourth-order valence-corrected chi connectivity index (χ4v) is 2.98. The summed E-state index contributed by atoms with van der Waals surface area (Å²) in [7, 11) is 0. The first-order valence-corrected chi connectivity index (χ1v) is 7.69. The summed E-state index contributed by atoms with van der Waals surface area (Å²) in [4.78, 5) is 23.0. The van der Waals surface area contributed by atoms with Crippen LogP contribution in [0, 0.1) is 0 Å². The van der Waals surface area contributed by atoms with Crippen LogP contribution in [0.25, 0.3) is 0 Å². The molecule has 0 aliphatic carbocycles. The molecule has 0 radical (unpaired) electrons. The van der Waals surface area contributed by atoms with Crippen LogP contribution < -0.4 is 10.6 Å². The summed E-state index contributed by atoms with van der Waals surface area (Å²) >= 11 is 0. The molecule has 3 heterocycles. The largest absolute Gasteiger partial charge is 0.397 e. The average Bonchev–Trinajstić information content (AvgIpc) is 3.03. The van der Waals surface area contributed by atoms with Crippen LogP contribution in [0.15, 0.2) is 18.3 Å². The van der Waals surface area contributed by atoms with E-state index in [9.17, 15) is 4.79 Å². The van der Waals surface area contributed by atoms with Crippen LogP contribution in [0.2, 0.25) is 0 Å². The molecule has 0 saturated carbocycles. The second-order valence-corrected chi connectivity index (χ2v) is 5.80. The van der Waals surface area contributed by atoms with Crippen LogP contribution >= 0.6 is 0 Å². The van der Waals surface area contributed by atoms with Crippen molar-refractivity contribution >= 4 is 17.4 Å². The van der Waals surface area contributed by atoms with Crippen LogP contribution in [0.4, 0.5) is 11.5 Å². The second kappa shape index (κ2) is 6.30. The molecule has 0 atom stereocenters. The predicted molar refractivity (Wildman–Crippen MR) is 83.1 cm³/mol. The van der Waals surface area contributed by atoms with Crippen molar-refractivity contribution in [2.24, 2.45) is 0 Å². The van der Waals surface area contributed by atoms with Crippen molar-refractivity contribution in [1.29, 1.82) is 0 Å². The van der Waals surface area contributed by atoms with Gasteiger partial charge in [0, 0.05) is 39.3 Å². The highest BCUT2D eigenvalue weighted by Crippen LogP contribution is 2.15. The Morgan fingerprint density at radius 2 is 1.81 bits per heavy atom. The number of carbonyl (C=O) groups is 1. The third kappa shape index (κ3) is 3.44. The Labute approximate surface area is 125 Å². The van der Waals surface area contributed by atoms with E-state index in [1.165, 1.54) is 0 Å². The molecule has 0 aromatic carbocycles. The number of anilines is 2. The zero-order valence-corrected chi connectivity index (χ0v) is 12.4. The number of piperazine rings is 1. The molecule has 0 bridgehead atoms. The molecule has 1 amide bonds. The van der Waals surface area contributed by atoms with Crippen molar-refractivity contribution in [3.05, 3.63) is 18.3 Å². The molecule has 1 aromatic heterocycles. The number of hydrogen-bond acceptors (Lipinski definition) is 5. The number of hydrogen-bond donors (Lipinski definition) is 1. The van der Waals surface area contributed by atoms with Crippen molar-refractivity contribution in [1.82, 2.24) is 14.8 Å². The van der Waals surface area contributed by atoms with Crippen LogP contribution in [0.1, 0.15) is 12.8 Å². The quantitative estimate of drug-likeness (QED) is 0.873. The number of nitrogen functional groups attached to an aromatic ring is 1. The van der Waals surface area contributed by atoms with Gasteiger partial charge in [-0.1, -0.05) is 0 Å². The normalized spacial score (nSPS) is 20.0. The van der Waals surface area contributed by atoms with Gasteiger partial charge in [-0.25, -0.2) is 4.98 Å². The average molecular weight is 289 g/mol. The molecule has 114 valence electrons. The molecule has 0 spiro atoms. The molecule has 2 saturated heterocycles. The second-order valence-electron chi connectivity index (χ2n) is 5.80. The number of likely N-dealkylation sites (tertiary alicyclic amines) is 1. The van der Waals surface area contributed by atoms with E-state index in [1.54, 1.807) is 6.20 Å². The highest BCUT2D eigenvalue weighted by Gasteiger charge is 2.23. The summed E-state index contributed by atoms with van der Waals surface area (Å²) in [5.41, 5.74) is 6.35. The maximum atomic E-state index is 12.1. The Morgan fingerprint density at radius 1 is 1.10 bits per heavy atom. The molecule has 2 aliphatic rings. The van der Waals surface area contributed by atoms with Gasteiger partial charge in [0.25, 0.3) is 0 Å². The molecule has 1 aromatic rings. The zero-order chi connectivity index (χ0) is 14.7. The fraction of sp³-hybridized carbons (Fsp3) is 0.600. The minimum absolute atomic E-state index is 0.284. The van der Waals surface area contributed by atoms with Crippen LogP contribution in [0.5, 0.6) is 0 Å². The number of aromatic nitrogens is 1. The van der Waals surface area contributed by atoms with Crippen molar-refractivity contribution in [3.8, 4) is 0 Å². The predicted octanol–water partition coefficient (Wildman–Crippen LogP) is 0.408. The smallest absolute Gasteiger partial charge is 0.236 e. The highest BCUT2D eigenvalue weighted by atomic mass is 16.2. The van der Waals surface area contributed by atoms with Crippen molar-refractivity contribution in [3.63, 3.8) is 0 Å². The van der Waals surface area contributed by atoms with E-state index in [1.807, 2.05) is 17.0 Å². The van der Waals surface area contributed by atoms with Crippen LogP contribution in [-0.2, 0) is 4.79 Å². The molecule has 2 fully saturated rings. The van der Waals surface area contributed by atoms with Gasteiger partial charge >= 0.3 is 0 Å². The molecule has 6 heteroatoms. The third-order valence-electron chi connectivity index (χ3n) is 4.28. The first kappa shape index (κ1) is 14.1. The number of carbonyl (C=O) groups excluding carboxylic acids is 1. The molecule has 21 heavy (non-hydrogen) atoms. The Kier molecular flexibility index (Phi) is 4.24. The topological polar surface area (TPSA) is 65.7 Å². The van der Waals surface area contributed by atoms with Crippen LogP contribution in [-0.4, -0.2) is 66.5 Å². The lowest BCUT2D eigenvalue weighted by molar-refractivity contribution is -0.131. The summed E-state index contributed by atoms with van der Waals surface area (Å²) in [5.74, 6) is 1.25. The maximum absolute atomic E-state index is 12.1. The molecule has 2 N–H and O–H groups in total. The minimum atomic E-state index is 0.284. The van der Waals surface area contributed by atoms with E-state index in [2.05, 4.69) is 14.8 Å². The van der Waals surface area contributed by atoms with E-state index in [-0.39, 0.29) is 5.91 Å². The molecular formula is C15H23N5O. The van der Waals surface area contributed by atoms with E-state index in [4.69, 9.17) is 5.73 Å². The molecule has 3 rings (SSSR count). The zero-order valence-electron chi connectivity index (χ0n) is 12.4. The fourth-order valence-electron chi connectivity index (χ4n) is 2.98. The molecule has 0 unspecified atom stereocenters. The van der Waals surface area contributed by atoms with Gasteiger partial charge in [-0.15, -0.1) is 0 Å². The maximum Gasteiger partial charge on any atom is 0.236 e. The van der Waals surface area contributed by atoms with Crippen molar-refractivity contribution in [2.45, 2.75) is 12.8 Å². The standard InChI is InChI=1S/C15H23N5O/c16-13-3-4-14(17-11-13)19-9-7-18(8-10-19)12-15(21)20-5-1-2-6-20/h3-4,11H,1-2,5-10,12,16H2. The van der Waals surface area contributed by atoms with Gasteiger partial charge in [0.15, 0.2) is 0 Å². The van der Waals surface area contributed by atoms with E-state index in [0.29, 0.717) is 12.2 Å². The summed E-state index contributed by atoms with van der Waals surface area (Å²) in [6.45, 7) is 6.07. The number of nitrogens with two attached hydrogens (primary N) is 1. The van der Waals surface area contributed by atoms with Gasteiger partial charge in [-0.2, -0.15) is 0 Å². The summed E-state index contributed by atoms with van der Waals surface area (Å²) in [6, 6.07) is 3.84. The minimum Gasteiger partial charge on any atom is -0.397 e. The Hall–Kier alpha value is -1.82. The van der Waals surface area contributed by atoms with Gasteiger partial charge in [0.1, 0.15) is 5.82 Å². The molecule has 2 aliphatic heterocycles. The van der Waals surface area contributed by atoms with Gasteiger partial charge in [-0.3, -0.25) is 9.69 Å². The van der Waals surface area contributed by atoms with E-state index >= 15 is 0 Å². The van der Waals surface area contributed by atoms with E-state index in [0.717, 1.165) is 57.9 Å². The van der Waals surface area contributed by atoms with E-state index < -0.39 is 0 Å². The van der Waals surface area contributed by atoms with Crippen LogP contribution in [0.3, 0.4) is 0 Å². The Balaban J connectivity index is 1.48. The Bertz CT molecular complexity index is 475.